The predicted molar refractivity (Wildman–Crippen MR) is 175 cm³/mol. The molecule has 0 aromatic heterocycles. The Labute approximate surface area is 250 Å². The van der Waals surface area contributed by atoms with Crippen LogP contribution in [0.3, 0.4) is 0 Å². The van der Waals surface area contributed by atoms with Crippen molar-refractivity contribution in [3.8, 4) is 0 Å². The van der Waals surface area contributed by atoms with Gasteiger partial charge in [0.2, 0.25) is 5.91 Å². The van der Waals surface area contributed by atoms with Gasteiger partial charge in [-0.3, -0.25) is 4.79 Å². The number of aliphatic hydroxyl groups is 2. The predicted octanol–water partition coefficient (Wildman–Crippen LogP) is 10.3. The summed E-state index contributed by atoms with van der Waals surface area (Å²) in [7, 11) is 0. The van der Waals surface area contributed by atoms with E-state index < -0.39 is 6.10 Å². The van der Waals surface area contributed by atoms with Gasteiger partial charge in [-0.05, 0) is 25.7 Å². The van der Waals surface area contributed by atoms with Crippen LogP contribution in [0, 0.1) is 0 Å². The number of unbranched alkanes of at least 4 members (excludes halogenated alkanes) is 23. The quantitative estimate of drug-likeness (QED) is 0.0630. The van der Waals surface area contributed by atoms with Gasteiger partial charge in [-0.15, -0.1) is 0 Å². The van der Waals surface area contributed by atoms with Gasteiger partial charge in [0.05, 0.1) is 12.7 Å². The summed E-state index contributed by atoms with van der Waals surface area (Å²) >= 11 is 0. The van der Waals surface area contributed by atoms with Crippen molar-refractivity contribution in [2.24, 2.45) is 0 Å². The van der Waals surface area contributed by atoms with Gasteiger partial charge >= 0.3 is 0 Å². The molecule has 0 saturated carbocycles. The first-order valence-corrected chi connectivity index (χ1v) is 17.9. The standard InChI is InChI=1S/C36H71NO3/c1-3-5-7-9-11-13-15-17-19-21-23-25-27-29-31-36(40)37(33-35(39)34-38)32-30-28-26-24-22-20-18-16-14-12-10-8-6-4-2/h25,27,35,38-39H,3-24,26,28-34H2,1-2H3/b27-25+. The molecule has 1 unspecified atom stereocenters. The van der Waals surface area contributed by atoms with Crippen LogP contribution in [0.1, 0.15) is 187 Å². The number of hydrogen-bond acceptors (Lipinski definition) is 3. The van der Waals surface area contributed by atoms with E-state index in [1.54, 1.807) is 4.90 Å². The number of rotatable bonds is 32. The third-order valence-electron chi connectivity index (χ3n) is 8.19. The number of hydrogen-bond donors (Lipinski definition) is 2. The van der Waals surface area contributed by atoms with Crippen LogP contribution in [0.2, 0.25) is 0 Å². The fraction of sp³-hybridized carbons (Fsp3) is 0.917. The highest BCUT2D eigenvalue weighted by atomic mass is 16.3. The van der Waals surface area contributed by atoms with E-state index in [2.05, 4.69) is 26.0 Å². The number of carbonyl (C=O) groups excluding carboxylic acids is 1. The van der Waals surface area contributed by atoms with Gasteiger partial charge in [-0.25, -0.2) is 0 Å². The molecule has 1 amide bonds. The molecule has 0 bridgehead atoms. The van der Waals surface area contributed by atoms with Gasteiger partial charge in [-0.2, -0.15) is 0 Å². The largest absolute Gasteiger partial charge is 0.394 e. The Balaban J connectivity index is 3.82. The molecule has 1 atom stereocenters. The number of allylic oxidation sites excluding steroid dienone is 2. The van der Waals surface area contributed by atoms with Crippen LogP contribution >= 0.6 is 0 Å². The zero-order valence-electron chi connectivity index (χ0n) is 27.2. The first-order valence-electron chi connectivity index (χ1n) is 17.9. The fourth-order valence-corrected chi connectivity index (χ4v) is 5.48. The summed E-state index contributed by atoms with van der Waals surface area (Å²) < 4.78 is 0. The van der Waals surface area contributed by atoms with E-state index in [0.29, 0.717) is 13.0 Å². The third kappa shape index (κ3) is 28.7. The molecule has 0 rings (SSSR count). The van der Waals surface area contributed by atoms with Crippen molar-refractivity contribution in [2.45, 2.75) is 193 Å². The van der Waals surface area contributed by atoms with Gasteiger partial charge in [0.1, 0.15) is 0 Å². The summed E-state index contributed by atoms with van der Waals surface area (Å²) in [5, 5.41) is 19.2. The van der Waals surface area contributed by atoms with E-state index in [4.69, 9.17) is 0 Å². The van der Waals surface area contributed by atoms with Crippen molar-refractivity contribution in [1.82, 2.24) is 4.90 Å². The maximum Gasteiger partial charge on any atom is 0.222 e. The van der Waals surface area contributed by atoms with E-state index >= 15 is 0 Å². The molecule has 0 fully saturated rings. The smallest absolute Gasteiger partial charge is 0.222 e. The molecule has 238 valence electrons. The monoisotopic (exact) mass is 566 g/mol. The van der Waals surface area contributed by atoms with Crippen molar-refractivity contribution >= 4 is 5.91 Å². The number of nitrogens with zero attached hydrogens (tertiary/aromatic N) is 1. The lowest BCUT2D eigenvalue weighted by atomic mass is 10.0. The van der Waals surface area contributed by atoms with E-state index in [1.165, 1.54) is 141 Å². The van der Waals surface area contributed by atoms with Gasteiger partial charge in [0, 0.05) is 19.5 Å². The molecular weight excluding hydrogens is 494 g/mol. The summed E-state index contributed by atoms with van der Waals surface area (Å²) in [5.74, 6) is 0.103. The van der Waals surface area contributed by atoms with Crippen molar-refractivity contribution in [2.75, 3.05) is 19.7 Å². The van der Waals surface area contributed by atoms with Gasteiger partial charge in [0.15, 0.2) is 0 Å². The second-order valence-corrected chi connectivity index (χ2v) is 12.3. The van der Waals surface area contributed by atoms with Crippen LogP contribution in [0.4, 0.5) is 0 Å². The van der Waals surface area contributed by atoms with Gasteiger partial charge < -0.3 is 15.1 Å². The molecular formula is C36H71NO3. The molecule has 0 aromatic rings. The molecule has 0 aliphatic carbocycles. The summed E-state index contributed by atoms with van der Waals surface area (Å²) in [4.78, 5) is 14.6. The zero-order valence-corrected chi connectivity index (χ0v) is 27.2. The van der Waals surface area contributed by atoms with Crippen molar-refractivity contribution in [1.29, 1.82) is 0 Å². The SMILES string of the molecule is CCCCCCCCCCCC/C=C/CCC(=O)N(CCCCCCCCCCCCCCCC)CC(O)CO. The fourth-order valence-electron chi connectivity index (χ4n) is 5.48. The van der Waals surface area contributed by atoms with Crippen LogP contribution < -0.4 is 0 Å². The van der Waals surface area contributed by atoms with Crippen molar-refractivity contribution in [3.63, 3.8) is 0 Å². The molecule has 0 aliphatic heterocycles. The second kappa shape index (κ2) is 32.6. The topological polar surface area (TPSA) is 60.8 Å². The molecule has 0 heterocycles. The maximum atomic E-state index is 12.8. The molecule has 0 aromatic carbocycles. The lowest BCUT2D eigenvalue weighted by Crippen LogP contribution is -2.39. The zero-order chi connectivity index (χ0) is 29.4. The van der Waals surface area contributed by atoms with Crippen LogP contribution in [0.5, 0.6) is 0 Å². The van der Waals surface area contributed by atoms with Gasteiger partial charge in [0.25, 0.3) is 0 Å². The summed E-state index contributed by atoms with van der Waals surface area (Å²) in [5.41, 5.74) is 0. The van der Waals surface area contributed by atoms with Crippen LogP contribution in [0.15, 0.2) is 12.2 Å². The molecule has 0 saturated heterocycles. The van der Waals surface area contributed by atoms with Crippen molar-refractivity contribution in [3.05, 3.63) is 12.2 Å². The summed E-state index contributed by atoms with van der Waals surface area (Å²) in [6.45, 7) is 5.19. The van der Waals surface area contributed by atoms with Gasteiger partial charge in [-0.1, -0.05) is 167 Å². The molecule has 4 nitrogen and oxygen atoms in total. The first kappa shape index (κ1) is 39.1. The van der Waals surface area contributed by atoms with E-state index in [9.17, 15) is 15.0 Å². The highest BCUT2D eigenvalue weighted by Gasteiger charge is 2.16. The average molecular weight is 566 g/mol. The van der Waals surface area contributed by atoms with E-state index in [0.717, 1.165) is 25.7 Å². The first-order chi connectivity index (χ1) is 19.7. The highest BCUT2D eigenvalue weighted by Crippen LogP contribution is 2.14. The Morgan fingerprint density at radius 2 is 0.950 bits per heavy atom. The second-order valence-electron chi connectivity index (χ2n) is 12.3. The molecule has 2 N–H and O–H groups in total. The minimum absolute atomic E-state index is 0.103. The Kier molecular flexibility index (Phi) is 31.9. The molecule has 0 aliphatic rings. The lowest BCUT2D eigenvalue weighted by Gasteiger charge is -2.24. The number of carbonyl (C=O) groups is 1. The Bertz CT molecular complexity index is 536. The van der Waals surface area contributed by atoms with Crippen LogP contribution in [-0.4, -0.2) is 46.8 Å². The van der Waals surface area contributed by atoms with Crippen LogP contribution in [-0.2, 0) is 4.79 Å². The van der Waals surface area contributed by atoms with Crippen LogP contribution in [0.25, 0.3) is 0 Å². The Hall–Kier alpha value is -0.870. The minimum Gasteiger partial charge on any atom is -0.394 e. The number of aliphatic hydroxyl groups excluding tert-OH is 2. The Morgan fingerprint density at radius 3 is 1.38 bits per heavy atom. The normalized spacial score (nSPS) is 12.4. The molecule has 0 radical (unpaired) electrons. The lowest BCUT2D eigenvalue weighted by molar-refractivity contribution is -0.133. The third-order valence-corrected chi connectivity index (χ3v) is 8.19. The van der Waals surface area contributed by atoms with E-state index in [1.807, 2.05) is 0 Å². The number of amides is 1. The molecule has 40 heavy (non-hydrogen) atoms. The summed E-state index contributed by atoms with van der Waals surface area (Å²) in [6, 6.07) is 0. The summed E-state index contributed by atoms with van der Waals surface area (Å²) in [6.07, 6.45) is 38.0. The molecule has 0 spiro atoms. The Morgan fingerprint density at radius 1 is 0.575 bits per heavy atom. The van der Waals surface area contributed by atoms with E-state index in [-0.39, 0.29) is 19.1 Å². The highest BCUT2D eigenvalue weighted by molar-refractivity contribution is 5.76. The average Bonchev–Trinajstić information content (AvgIpc) is 2.96. The minimum atomic E-state index is -0.845. The maximum absolute atomic E-state index is 12.8. The molecule has 4 heteroatoms. The van der Waals surface area contributed by atoms with Crippen molar-refractivity contribution < 1.29 is 15.0 Å².